The molecule has 1 aromatic heterocycles. The zero-order chi connectivity index (χ0) is 18.4. The van der Waals surface area contributed by atoms with Crippen molar-refractivity contribution in [1.29, 1.82) is 0 Å². The van der Waals surface area contributed by atoms with Crippen LogP contribution >= 0.6 is 24.8 Å². The molecule has 28 heavy (non-hydrogen) atoms. The molecule has 8 heteroatoms. The van der Waals surface area contributed by atoms with Crippen LogP contribution in [0.2, 0.25) is 0 Å². The first-order valence-corrected chi connectivity index (χ1v) is 9.85. The Kier molecular flexibility index (Phi) is 11.3. The van der Waals surface area contributed by atoms with Crippen LogP contribution in [0.25, 0.3) is 0 Å². The standard InChI is InChI=1S/C20H32N4O2.2ClH/c1-23(11-7-18-4-2-3-10-22-18)20(25)16-5-6-17(21)15-24(14-16)19-8-12-26-13-9-19;;/h2-4,10,16-17,19H,5-9,11-15,21H2,1H3;2*1H/t16-,17+;;/m1../s1. The molecule has 2 aliphatic rings. The molecule has 0 spiro atoms. The number of ether oxygens (including phenoxy) is 1. The van der Waals surface area contributed by atoms with Crippen molar-refractivity contribution in [2.24, 2.45) is 11.7 Å². The average molecular weight is 433 g/mol. The van der Waals surface area contributed by atoms with E-state index in [2.05, 4.69) is 9.88 Å². The van der Waals surface area contributed by atoms with Gasteiger partial charge < -0.3 is 15.4 Å². The summed E-state index contributed by atoms with van der Waals surface area (Å²) in [5.41, 5.74) is 7.33. The van der Waals surface area contributed by atoms with Crippen LogP contribution in [0.15, 0.2) is 24.4 Å². The predicted octanol–water partition coefficient (Wildman–Crippen LogP) is 2.14. The van der Waals surface area contributed by atoms with Gasteiger partial charge in [0.1, 0.15) is 0 Å². The Morgan fingerprint density at radius 1 is 1.21 bits per heavy atom. The van der Waals surface area contributed by atoms with Crippen molar-refractivity contribution in [2.45, 2.75) is 44.2 Å². The summed E-state index contributed by atoms with van der Waals surface area (Å²) in [7, 11) is 1.91. The second kappa shape index (κ2) is 12.6. The number of nitrogens with zero attached hydrogens (tertiary/aromatic N) is 3. The van der Waals surface area contributed by atoms with Gasteiger partial charge in [-0.3, -0.25) is 14.7 Å². The van der Waals surface area contributed by atoms with Crippen molar-refractivity contribution in [3.05, 3.63) is 30.1 Å². The van der Waals surface area contributed by atoms with Crippen molar-refractivity contribution < 1.29 is 9.53 Å². The van der Waals surface area contributed by atoms with Crippen LogP contribution in [-0.2, 0) is 16.0 Å². The molecule has 2 fully saturated rings. The smallest absolute Gasteiger partial charge is 0.226 e. The van der Waals surface area contributed by atoms with Crippen molar-refractivity contribution in [2.75, 3.05) is 39.9 Å². The summed E-state index contributed by atoms with van der Waals surface area (Å²) >= 11 is 0. The molecule has 6 nitrogen and oxygen atoms in total. The molecule has 2 saturated heterocycles. The van der Waals surface area contributed by atoms with Crippen LogP contribution in [0.4, 0.5) is 0 Å². The maximum Gasteiger partial charge on any atom is 0.226 e. The largest absolute Gasteiger partial charge is 0.381 e. The number of aromatic nitrogens is 1. The van der Waals surface area contributed by atoms with E-state index >= 15 is 0 Å². The Hall–Kier alpha value is -0.920. The molecule has 2 N–H and O–H groups in total. The van der Waals surface area contributed by atoms with Gasteiger partial charge in [0, 0.05) is 70.3 Å². The fourth-order valence-electron chi connectivity index (χ4n) is 4.06. The van der Waals surface area contributed by atoms with Crippen LogP contribution in [-0.4, -0.2) is 72.7 Å². The molecule has 0 bridgehead atoms. The third-order valence-electron chi connectivity index (χ3n) is 5.67. The van der Waals surface area contributed by atoms with Gasteiger partial charge in [-0.25, -0.2) is 0 Å². The van der Waals surface area contributed by atoms with Crippen LogP contribution in [0.1, 0.15) is 31.4 Å². The number of hydrogen-bond acceptors (Lipinski definition) is 5. The number of nitrogens with two attached hydrogens (primary N) is 1. The van der Waals surface area contributed by atoms with E-state index in [1.165, 1.54) is 0 Å². The molecule has 2 atom stereocenters. The van der Waals surface area contributed by atoms with Gasteiger partial charge in [-0.2, -0.15) is 0 Å². The highest BCUT2D eigenvalue weighted by Crippen LogP contribution is 2.23. The second-order valence-electron chi connectivity index (χ2n) is 7.66. The van der Waals surface area contributed by atoms with Crippen LogP contribution < -0.4 is 5.73 Å². The summed E-state index contributed by atoms with van der Waals surface area (Å²) in [5, 5.41) is 0. The van der Waals surface area contributed by atoms with E-state index in [0.29, 0.717) is 12.6 Å². The lowest BCUT2D eigenvalue weighted by molar-refractivity contribution is -0.135. The summed E-state index contributed by atoms with van der Waals surface area (Å²) in [6.07, 6.45) is 6.48. The van der Waals surface area contributed by atoms with Crippen LogP contribution in [0, 0.1) is 5.92 Å². The predicted molar refractivity (Wildman–Crippen MR) is 116 cm³/mol. The maximum absolute atomic E-state index is 13.0. The number of carbonyl (C=O) groups excluding carboxylic acids is 1. The van der Waals surface area contributed by atoms with E-state index in [1.54, 1.807) is 6.20 Å². The van der Waals surface area contributed by atoms with E-state index in [-0.39, 0.29) is 42.7 Å². The normalized spacial score (nSPS) is 23.8. The SMILES string of the molecule is CN(CCc1ccccn1)C(=O)[C@@H]1CC[C@H](N)CN(C2CCOCC2)C1.Cl.Cl. The van der Waals surface area contributed by atoms with Gasteiger partial charge in [0.05, 0.1) is 5.92 Å². The molecule has 0 aliphatic carbocycles. The zero-order valence-electron chi connectivity index (χ0n) is 16.7. The highest BCUT2D eigenvalue weighted by atomic mass is 35.5. The number of likely N-dealkylation sites (N-methyl/N-ethyl adjacent to an activating group) is 1. The molecular formula is C20H34Cl2N4O2. The van der Waals surface area contributed by atoms with E-state index in [4.69, 9.17) is 10.5 Å². The fraction of sp³-hybridized carbons (Fsp3) is 0.700. The third-order valence-corrected chi connectivity index (χ3v) is 5.67. The van der Waals surface area contributed by atoms with Crippen molar-refractivity contribution in [3.63, 3.8) is 0 Å². The van der Waals surface area contributed by atoms with Crippen molar-refractivity contribution in [1.82, 2.24) is 14.8 Å². The minimum atomic E-state index is 0. The Bertz CT molecular complexity index is 573. The summed E-state index contributed by atoms with van der Waals surface area (Å²) in [6, 6.07) is 6.58. The topological polar surface area (TPSA) is 71.7 Å². The lowest BCUT2D eigenvalue weighted by Gasteiger charge is -2.36. The molecule has 0 aromatic carbocycles. The van der Waals surface area contributed by atoms with Gasteiger partial charge in [0.25, 0.3) is 0 Å². The maximum atomic E-state index is 13.0. The number of amides is 1. The first kappa shape index (κ1) is 25.1. The molecule has 2 aliphatic heterocycles. The minimum Gasteiger partial charge on any atom is -0.381 e. The summed E-state index contributed by atoms with van der Waals surface area (Å²) in [6.45, 7) is 4.06. The zero-order valence-corrected chi connectivity index (χ0v) is 18.3. The number of rotatable bonds is 5. The monoisotopic (exact) mass is 432 g/mol. The summed E-state index contributed by atoms with van der Waals surface area (Å²) < 4.78 is 5.50. The van der Waals surface area contributed by atoms with Crippen molar-refractivity contribution >= 4 is 30.7 Å². The molecule has 1 amide bonds. The number of likely N-dealkylation sites (tertiary alicyclic amines) is 1. The Morgan fingerprint density at radius 3 is 2.64 bits per heavy atom. The first-order chi connectivity index (χ1) is 12.6. The molecule has 1 aromatic rings. The second-order valence-corrected chi connectivity index (χ2v) is 7.66. The molecule has 0 saturated carbocycles. The van der Waals surface area contributed by atoms with Crippen LogP contribution in [0.3, 0.4) is 0 Å². The molecule has 160 valence electrons. The summed E-state index contributed by atoms with van der Waals surface area (Å²) in [5.74, 6) is 0.284. The highest BCUT2D eigenvalue weighted by molar-refractivity contribution is 5.85. The summed E-state index contributed by atoms with van der Waals surface area (Å²) in [4.78, 5) is 21.7. The van der Waals surface area contributed by atoms with Gasteiger partial charge >= 0.3 is 0 Å². The van der Waals surface area contributed by atoms with Crippen molar-refractivity contribution in [3.8, 4) is 0 Å². The highest BCUT2D eigenvalue weighted by Gasteiger charge is 2.32. The Balaban J connectivity index is 0.00000196. The third kappa shape index (κ3) is 7.16. The number of halogens is 2. The van der Waals surface area contributed by atoms with Crippen LogP contribution in [0.5, 0.6) is 0 Å². The lowest BCUT2D eigenvalue weighted by atomic mass is 9.99. The fourth-order valence-corrected chi connectivity index (χ4v) is 4.06. The Morgan fingerprint density at radius 2 is 1.96 bits per heavy atom. The van der Waals surface area contributed by atoms with Gasteiger partial charge in [-0.05, 0) is 37.8 Å². The minimum absolute atomic E-state index is 0. The van der Waals surface area contributed by atoms with E-state index in [0.717, 1.165) is 64.1 Å². The molecule has 3 heterocycles. The number of pyridine rings is 1. The van der Waals surface area contributed by atoms with Gasteiger partial charge in [-0.1, -0.05) is 6.07 Å². The van der Waals surface area contributed by atoms with E-state index in [9.17, 15) is 4.79 Å². The molecule has 0 radical (unpaired) electrons. The molecular weight excluding hydrogens is 399 g/mol. The van der Waals surface area contributed by atoms with Gasteiger partial charge in [0.2, 0.25) is 5.91 Å². The number of hydrogen-bond donors (Lipinski definition) is 1. The average Bonchev–Trinajstić information content (AvgIpc) is 2.89. The van der Waals surface area contributed by atoms with Gasteiger partial charge in [-0.15, -0.1) is 24.8 Å². The van der Waals surface area contributed by atoms with E-state index in [1.807, 2.05) is 30.1 Å². The number of carbonyl (C=O) groups is 1. The molecule has 3 rings (SSSR count). The lowest BCUT2D eigenvalue weighted by Crippen LogP contribution is -2.47. The Labute approximate surface area is 181 Å². The van der Waals surface area contributed by atoms with E-state index < -0.39 is 0 Å². The quantitative estimate of drug-likeness (QED) is 0.771. The first-order valence-electron chi connectivity index (χ1n) is 9.85. The van der Waals surface area contributed by atoms with Gasteiger partial charge in [0.15, 0.2) is 0 Å². The molecule has 0 unspecified atom stereocenters.